The lowest BCUT2D eigenvalue weighted by Crippen LogP contribution is -2.16. The molecule has 6 heteroatoms. The second kappa shape index (κ2) is 7.61. The highest BCUT2D eigenvalue weighted by atomic mass is 16.5. The lowest BCUT2D eigenvalue weighted by molar-refractivity contribution is 0.102. The van der Waals surface area contributed by atoms with Crippen molar-refractivity contribution < 1.29 is 9.53 Å². The van der Waals surface area contributed by atoms with E-state index in [-0.39, 0.29) is 5.91 Å². The van der Waals surface area contributed by atoms with Crippen molar-refractivity contribution in [2.75, 3.05) is 37.5 Å². The van der Waals surface area contributed by atoms with E-state index >= 15 is 0 Å². The first-order chi connectivity index (χ1) is 10.6. The second-order valence-electron chi connectivity index (χ2n) is 5.00. The minimum absolute atomic E-state index is 0.142. The summed E-state index contributed by atoms with van der Waals surface area (Å²) in [5.74, 6) is -0.142. The number of rotatable bonds is 7. The van der Waals surface area contributed by atoms with E-state index in [4.69, 9.17) is 4.74 Å². The predicted molar refractivity (Wildman–Crippen MR) is 87.4 cm³/mol. The van der Waals surface area contributed by atoms with Crippen molar-refractivity contribution in [3.8, 4) is 0 Å². The minimum atomic E-state index is -0.142. The van der Waals surface area contributed by atoms with Gasteiger partial charge in [0.15, 0.2) is 0 Å². The Bertz CT molecular complexity index is 607. The Morgan fingerprint density at radius 1 is 1.36 bits per heavy atom. The summed E-state index contributed by atoms with van der Waals surface area (Å²) >= 11 is 0. The van der Waals surface area contributed by atoms with E-state index in [0.717, 1.165) is 12.2 Å². The smallest absolute Gasteiger partial charge is 0.255 e. The SMILES string of the molecule is CCN(C)c1ccc(C(=O)Nc2cnn(CCOC)c2)cc1. The maximum absolute atomic E-state index is 12.2. The van der Waals surface area contributed by atoms with E-state index < -0.39 is 0 Å². The van der Waals surface area contributed by atoms with Crippen molar-refractivity contribution >= 4 is 17.3 Å². The number of hydrogen-bond donors (Lipinski definition) is 1. The third kappa shape index (κ3) is 4.08. The van der Waals surface area contributed by atoms with Gasteiger partial charge in [-0.2, -0.15) is 5.10 Å². The van der Waals surface area contributed by atoms with Crippen molar-refractivity contribution in [3.63, 3.8) is 0 Å². The average Bonchev–Trinajstić information content (AvgIpc) is 2.99. The first-order valence-corrected chi connectivity index (χ1v) is 7.28. The number of anilines is 2. The first-order valence-electron chi connectivity index (χ1n) is 7.28. The van der Waals surface area contributed by atoms with Gasteiger partial charge in [0.1, 0.15) is 0 Å². The molecule has 0 bridgehead atoms. The summed E-state index contributed by atoms with van der Waals surface area (Å²) in [4.78, 5) is 14.3. The Morgan fingerprint density at radius 3 is 2.73 bits per heavy atom. The molecule has 1 aromatic heterocycles. The highest BCUT2D eigenvalue weighted by Crippen LogP contribution is 2.15. The van der Waals surface area contributed by atoms with E-state index in [9.17, 15) is 4.79 Å². The quantitative estimate of drug-likeness (QED) is 0.852. The van der Waals surface area contributed by atoms with Crippen LogP contribution in [0.1, 0.15) is 17.3 Å². The van der Waals surface area contributed by atoms with Crippen molar-refractivity contribution in [3.05, 3.63) is 42.2 Å². The molecule has 6 nitrogen and oxygen atoms in total. The number of aromatic nitrogens is 2. The molecule has 1 amide bonds. The van der Waals surface area contributed by atoms with Gasteiger partial charge in [-0.15, -0.1) is 0 Å². The maximum Gasteiger partial charge on any atom is 0.255 e. The number of ether oxygens (including phenoxy) is 1. The number of methoxy groups -OCH3 is 1. The van der Waals surface area contributed by atoms with Gasteiger partial charge < -0.3 is 15.0 Å². The number of nitrogens with one attached hydrogen (secondary N) is 1. The second-order valence-corrected chi connectivity index (χ2v) is 5.00. The van der Waals surface area contributed by atoms with Gasteiger partial charge in [-0.1, -0.05) is 0 Å². The van der Waals surface area contributed by atoms with Crippen LogP contribution in [0.25, 0.3) is 0 Å². The Kier molecular flexibility index (Phi) is 5.55. The van der Waals surface area contributed by atoms with Crippen molar-refractivity contribution in [1.82, 2.24) is 9.78 Å². The monoisotopic (exact) mass is 302 g/mol. The van der Waals surface area contributed by atoms with Crippen LogP contribution in [0, 0.1) is 0 Å². The molecule has 0 radical (unpaired) electrons. The van der Waals surface area contributed by atoms with Crippen LogP contribution in [0.2, 0.25) is 0 Å². The van der Waals surface area contributed by atoms with Gasteiger partial charge in [0.2, 0.25) is 0 Å². The van der Waals surface area contributed by atoms with E-state index in [0.29, 0.717) is 24.4 Å². The predicted octanol–water partition coefficient (Wildman–Crippen LogP) is 2.24. The van der Waals surface area contributed by atoms with Crippen LogP contribution in [-0.2, 0) is 11.3 Å². The molecule has 0 spiro atoms. The molecule has 0 aliphatic rings. The normalized spacial score (nSPS) is 10.5. The summed E-state index contributed by atoms with van der Waals surface area (Å²) in [5.41, 5.74) is 2.39. The number of nitrogens with zero attached hydrogens (tertiary/aromatic N) is 3. The van der Waals surface area contributed by atoms with Crippen LogP contribution in [0.3, 0.4) is 0 Å². The third-order valence-corrected chi connectivity index (χ3v) is 3.46. The van der Waals surface area contributed by atoms with Crippen molar-refractivity contribution in [2.24, 2.45) is 0 Å². The van der Waals surface area contributed by atoms with Gasteiger partial charge in [0.25, 0.3) is 5.91 Å². The summed E-state index contributed by atoms with van der Waals surface area (Å²) in [6.07, 6.45) is 3.42. The van der Waals surface area contributed by atoms with Crippen LogP contribution >= 0.6 is 0 Å². The molecule has 1 heterocycles. The molecular weight excluding hydrogens is 280 g/mol. The number of carbonyl (C=O) groups is 1. The topological polar surface area (TPSA) is 59.4 Å². The molecular formula is C16H22N4O2. The number of benzene rings is 1. The summed E-state index contributed by atoms with van der Waals surface area (Å²) in [6, 6.07) is 7.54. The zero-order valence-electron chi connectivity index (χ0n) is 13.2. The van der Waals surface area contributed by atoms with Crippen LogP contribution in [0.15, 0.2) is 36.7 Å². The molecule has 0 saturated carbocycles. The summed E-state index contributed by atoms with van der Waals surface area (Å²) < 4.78 is 6.73. The van der Waals surface area contributed by atoms with Gasteiger partial charge in [-0.25, -0.2) is 0 Å². The van der Waals surface area contributed by atoms with E-state index in [1.165, 1.54) is 0 Å². The lowest BCUT2D eigenvalue weighted by Gasteiger charge is -2.16. The zero-order valence-corrected chi connectivity index (χ0v) is 13.2. The minimum Gasteiger partial charge on any atom is -0.383 e. The van der Waals surface area contributed by atoms with Gasteiger partial charge >= 0.3 is 0 Å². The van der Waals surface area contributed by atoms with Gasteiger partial charge in [-0.05, 0) is 31.2 Å². The maximum atomic E-state index is 12.2. The third-order valence-electron chi connectivity index (χ3n) is 3.46. The van der Waals surface area contributed by atoms with Crippen LogP contribution < -0.4 is 10.2 Å². The molecule has 0 atom stereocenters. The Balaban J connectivity index is 1.98. The molecule has 2 aromatic rings. The number of amides is 1. The Morgan fingerprint density at radius 2 is 2.09 bits per heavy atom. The fraction of sp³-hybridized carbons (Fsp3) is 0.375. The van der Waals surface area contributed by atoms with E-state index in [2.05, 4.69) is 22.2 Å². The Hall–Kier alpha value is -2.34. The molecule has 1 N–H and O–H groups in total. The largest absolute Gasteiger partial charge is 0.383 e. The highest BCUT2D eigenvalue weighted by molar-refractivity contribution is 6.04. The molecule has 0 saturated heterocycles. The van der Waals surface area contributed by atoms with Crippen molar-refractivity contribution in [2.45, 2.75) is 13.5 Å². The van der Waals surface area contributed by atoms with Crippen LogP contribution in [0.4, 0.5) is 11.4 Å². The van der Waals surface area contributed by atoms with Gasteiger partial charge in [-0.3, -0.25) is 9.48 Å². The fourth-order valence-electron chi connectivity index (χ4n) is 1.99. The molecule has 0 unspecified atom stereocenters. The molecule has 118 valence electrons. The van der Waals surface area contributed by atoms with E-state index in [1.54, 1.807) is 24.2 Å². The number of carbonyl (C=O) groups excluding carboxylic acids is 1. The summed E-state index contributed by atoms with van der Waals surface area (Å²) in [6.45, 7) is 4.25. The summed E-state index contributed by atoms with van der Waals surface area (Å²) in [7, 11) is 3.66. The van der Waals surface area contributed by atoms with Crippen LogP contribution in [-0.4, -0.2) is 43.0 Å². The molecule has 1 aromatic carbocycles. The lowest BCUT2D eigenvalue weighted by atomic mass is 10.2. The average molecular weight is 302 g/mol. The molecule has 2 rings (SSSR count). The van der Waals surface area contributed by atoms with Gasteiger partial charge in [0, 0.05) is 38.1 Å². The molecule has 0 fully saturated rings. The summed E-state index contributed by atoms with van der Waals surface area (Å²) in [5, 5.41) is 7.01. The molecule has 0 aliphatic carbocycles. The number of hydrogen-bond acceptors (Lipinski definition) is 4. The standard InChI is InChI=1S/C16H22N4O2/c1-4-19(2)15-7-5-13(6-8-15)16(21)18-14-11-17-20(12-14)9-10-22-3/h5-8,11-12H,4,9-10H2,1-3H3,(H,18,21). The van der Waals surface area contributed by atoms with Crippen molar-refractivity contribution in [1.29, 1.82) is 0 Å². The fourth-order valence-corrected chi connectivity index (χ4v) is 1.99. The zero-order chi connectivity index (χ0) is 15.9. The highest BCUT2D eigenvalue weighted by Gasteiger charge is 2.08. The van der Waals surface area contributed by atoms with Gasteiger partial charge in [0.05, 0.1) is 25.0 Å². The first kappa shape index (κ1) is 16.0. The molecule has 22 heavy (non-hydrogen) atoms. The van der Waals surface area contributed by atoms with Crippen LogP contribution in [0.5, 0.6) is 0 Å². The molecule has 0 aliphatic heterocycles. The Labute approximate surface area is 130 Å². The van der Waals surface area contributed by atoms with E-state index in [1.807, 2.05) is 31.3 Å².